The van der Waals surface area contributed by atoms with Crippen LogP contribution in [-0.4, -0.2) is 34.1 Å². The molecule has 1 aliphatic heterocycles. The van der Waals surface area contributed by atoms with Gasteiger partial charge in [0.2, 0.25) is 0 Å². The second-order valence-corrected chi connectivity index (χ2v) is 8.97. The van der Waals surface area contributed by atoms with E-state index in [2.05, 4.69) is 0 Å². The van der Waals surface area contributed by atoms with Gasteiger partial charge in [-0.2, -0.15) is 5.26 Å². The maximum atomic E-state index is 13.2. The molecule has 0 radical (unpaired) electrons. The second-order valence-electron chi connectivity index (χ2n) is 7.10. The number of fused-ring (bicyclic) bond motifs is 1. The minimum Gasteiger partial charge on any atom is -0.490 e. The molecule has 7 nitrogen and oxygen atoms in total. The van der Waals surface area contributed by atoms with Gasteiger partial charge in [0.1, 0.15) is 19.0 Å². The van der Waals surface area contributed by atoms with Crippen LogP contribution in [0.25, 0.3) is 0 Å². The summed E-state index contributed by atoms with van der Waals surface area (Å²) in [5, 5.41) is 8.80. The average Bonchev–Trinajstić information content (AvgIpc) is 3.27. The molecule has 0 aliphatic carbocycles. The van der Waals surface area contributed by atoms with Gasteiger partial charge in [0.15, 0.2) is 0 Å². The number of benzene rings is 3. The molecule has 0 saturated carbocycles. The van der Waals surface area contributed by atoms with Gasteiger partial charge in [-0.3, -0.25) is 4.31 Å². The van der Waals surface area contributed by atoms with Crippen LogP contribution in [-0.2, 0) is 21.2 Å². The van der Waals surface area contributed by atoms with Gasteiger partial charge in [0.05, 0.1) is 27.8 Å². The van der Waals surface area contributed by atoms with Crippen LogP contribution in [0.5, 0.6) is 5.75 Å². The molecule has 3 aromatic rings. The van der Waals surface area contributed by atoms with Crippen LogP contribution >= 0.6 is 0 Å². The van der Waals surface area contributed by atoms with E-state index in [1.807, 2.05) is 18.2 Å². The van der Waals surface area contributed by atoms with Crippen LogP contribution in [0.4, 0.5) is 5.69 Å². The standard InChI is InChI=1S/C24H20N2O5S/c25-17-18-8-10-21(11-9-18)30-14-15-31-24(27)20-5-3-6-22(16-20)32(28,29)26-13-12-19-4-1-2-7-23(19)26/h1-11,16H,12-15H2. The number of hydrogen-bond acceptors (Lipinski definition) is 6. The van der Waals surface area contributed by atoms with Gasteiger partial charge < -0.3 is 9.47 Å². The van der Waals surface area contributed by atoms with E-state index < -0.39 is 16.0 Å². The molecular weight excluding hydrogens is 428 g/mol. The molecule has 4 rings (SSSR count). The summed E-state index contributed by atoms with van der Waals surface area (Å²) in [4.78, 5) is 12.5. The number of rotatable bonds is 7. The number of ether oxygens (including phenoxy) is 2. The SMILES string of the molecule is N#Cc1ccc(OCCOC(=O)c2cccc(S(=O)(=O)N3CCc4ccccc43)c2)cc1. The Morgan fingerprint density at radius 3 is 2.56 bits per heavy atom. The van der Waals surface area contributed by atoms with Gasteiger partial charge in [-0.25, -0.2) is 13.2 Å². The minimum absolute atomic E-state index is 0.00465. The van der Waals surface area contributed by atoms with Gasteiger partial charge in [-0.1, -0.05) is 24.3 Å². The van der Waals surface area contributed by atoms with Crippen LogP contribution in [0.15, 0.2) is 77.7 Å². The number of nitrogens with zero attached hydrogens (tertiary/aromatic N) is 2. The Bertz CT molecular complexity index is 1280. The number of esters is 1. The van der Waals surface area contributed by atoms with Crippen molar-refractivity contribution in [3.63, 3.8) is 0 Å². The van der Waals surface area contributed by atoms with Crippen molar-refractivity contribution in [3.05, 3.63) is 89.5 Å². The largest absolute Gasteiger partial charge is 0.490 e. The van der Waals surface area contributed by atoms with E-state index in [0.717, 1.165) is 5.56 Å². The van der Waals surface area contributed by atoms with Crippen molar-refractivity contribution in [2.45, 2.75) is 11.3 Å². The molecule has 162 valence electrons. The molecule has 0 aromatic heterocycles. The Balaban J connectivity index is 1.39. The van der Waals surface area contributed by atoms with Crippen molar-refractivity contribution < 1.29 is 22.7 Å². The molecule has 0 fully saturated rings. The molecule has 0 amide bonds. The highest BCUT2D eigenvalue weighted by molar-refractivity contribution is 7.92. The first-order valence-corrected chi connectivity index (χ1v) is 11.4. The van der Waals surface area contributed by atoms with Gasteiger partial charge in [0, 0.05) is 6.54 Å². The lowest BCUT2D eigenvalue weighted by atomic mass is 10.2. The van der Waals surface area contributed by atoms with Gasteiger partial charge in [0.25, 0.3) is 10.0 Å². The molecule has 32 heavy (non-hydrogen) atoms. The van der Waals surface area contributed by atoms with Crippen LogP contribution in [0, 0.1) is 11.3 Å². The predicted octanol–water partition coefficient (Wildman–Crippen LogP) is 3.55. The van der Waals surface area contributed by atoms with Crippen molar-refractivity contribution in [3.8, 4) is 11.8 Å². The van der Waals surface area contributed by atoms with E-state index in [4.69, 9.17) is 14.7 Å². The zero-order valence-electron chi connectivity index (χ0n) is 17.1. The van der Waals surface area contributed by atoms with Crippen molar-refractivity contribution >= 4 is 21.7 Å². The molecule has 0 atom stereocenters. The monoisotopic (exact) mass is 448 g/mol. The van der Waals surface area contributed by atoms with Crippen molar-refractivity contribution in [2.24, 2.45) is 0 Å². The summed E-state index contributed by atoms with van der Waals surface area (Å²) >= 11 is 0. The first-order valence-electron chi connectivity index (χ1n) is 10.00. The fraction of sp³-hybridized carbons (Fsp3) is 0.167. The van der Waals surface area contributed by atoms with Crippen molar-refractivity contribution in [2.75, 3.05) is 24.1 Å². The lowest BCUT2D eigenvalue weighted by molar-refractivity contribution is 0.0450. The number of hydrogen-bond donors (Lipinski definition) is 0. The third-order valence-corrected chi connectivity index (χ3v) is 6.88. The third kappa shape index (κ3) is 4.43. The normalized spacial score (nSPS) is 12.7. The van der Waals surface area contributed by atoms with Crippen LogP contribution in [0.1, 0.15) is 21.5 Å². The highest BCUT2D eigenvalue weighted by Gasteiger charge is 2.31. The van der Waals surface area contributed by atoms with Gasteiger partial charge in [-0.05, 0) is 60.5 Å². The summed E-state index contributed by atoms with van der Waals surface area (Å²) in [5.74, 6) is -0.0775. The van der Waals surface area contributed by atoms with E-state index in [1.165, 1.54) is 28.6 Å². The van der Waals surface area contributed by atoms with E-state index >= 15 is 0 Å². The second kappa shape index (κ2) is 9.12. The zero-order valence-corrected chi connectivity index (χ0v) is 17.9. The van der Waals surface area contributed by atoms with Crippen LogP contribution < -0.4 is 9.04 Å². The van der Waals surface area contributed by atoms with E-state index in [9.17, 15) is 13.2 Å². The summed E-state index contributed by atoms with van der Waals surface area (Å²) in [5.41, 5.74) is 2.32. The molecular formula is C24H20N2O5S. The van der Waals surface area contributed by atoms with Crippen molar-refractivity contribution in [1.82, 2.24) is 0 Å². The van der Waals surface area contributed by atoms with Crippen LogP contribution in [0.3, 0.4) is 0 Å². The maximum Gasteiger partial charge on any atom is 0.338 e. The highest BCUT2D eigenvalue weighted by atomic mass is 32.2. The fourth-order valence-corrected chi connectivity index (χ4v) is 5.02. The topological polar surface area (TPSA) is 96.7 Å². The van der Waals surface area contributed by atoms with Crippen molar-refractivity contribution in [1.29, 1.82) is 5.26 Å². The van der Waals surface area contributed by atoms with E-state index in [0.29, 0.717) is 30.0 Å². The molecule has 0 N–H and O–H groups in total. The number of anilines is 1. The Kier molecular flexibility index (Phi) is 6.10. The molecule has 0 unspecified atom stereocenters. The summed E-state index contributed by atoms with van der Waals surface area (Å²) in [7, 11) is -3.80. The Morgan fingerprint density at radius 1 is 1.00 bits per heavy atom. The Hall–Kier alpha value is -3.83. The molecule has 0 spiro atoms. The lowest BCUT2D eigenvalue weighted by Crippen LogP contribution is -2.29. The number of para-hydroxylation sites is 1. The van der Waals surface area contributed by atoms with Gasteiger partial charge >= 0.3 is 5.97 Å². The number of sulfonamides is 1. The number of carbonyl (C=O) groups is 1. The molecule has 8 heteroatoms. The number of carbonyl (C=O) groups excluding carboxylic acids is 1. The molecule has 0 saturated heterocycles. The smallest absolute Gasteiger partial charge is 0.338 e. The summed E-state index contributed by atoms with van der Waals surface area (Å²) in [6.45, 7) is 0.485. The molecule has 3 aromatic carbocycles. The fourth-order valence-electron chi connectivity index (χ4n) is 3.47. The number of nitriles is 1. The Labute approximate surface area is 186 Å². The summed E-state index contributed by atoms with van der Waals surface area (Å²) < 4.78 is 38.4. The molecule has 1 heterocycles. The van der Waals surface area contributed by atoms with E-state index in [1.54, 1.807) is 36.4 Å². The quantitative estimate of drug-likeness (QED) is 0.405. The van der Waals surface area contributed by atoms with Gasteiger partial charge in [-0.15, -0.1) is 0 Å². The zero-order chi connectivity index (χ0) is 22.6. The first kappa shape index (κ1) is 21.4. The maximum absolute atomic E-state index is 13.2. The first-order chi connectivity index (χ1) is 15.5. The van der Waals surface area contributed by atoms with Crippen LogP contribution in [0.2, 0.25) is 0 Å². The lowest BCUT2D eigenvalue weighted by Gasteiger charge is -2.19. The van der Waals surface area contributed by atoms with E-state index in [-0.39, 0.29) is 23.7 Å². The summed E-state index contributed by atoms with van der Waals surface area (Å²) in [6, 6.07) is 21.8. The minimum atomic E-state index is -3.80. The highest BCUT2D eigenvalue weighted by Crippen LogP contribution is 2.32. The summed E-state index contributed by atoms with van der Waals surface area (Å²) in [6.07, 6.45) is 0.649. The molecule has 0 bridgehead atoms. The molecule has 1 aliphatic rings. The Morgan fingerprint density at radius 2 is 1.78 bits per heavy atom. The average molecular weight is 449 g/mol. The third-order valence-electron chi connectivity index (χ3n) is 5.07. The predicted molar refractivity (Wildman–Crippen MR) is 118 cm³/mol.